The quantitative estimate of drug-likeness (QED) is 0.0222. The van der Waals surface area contributed by atoms with Crippen LogP contribution in [0.2, 0.25) is 0 Å². The van der Waals surface area contributed by atoms with Crippen LogP contribution in [0.4, 0.5) is 0 Å². The van der Waals surface area contributed by atoms with Gasteiger partial charge in [-0.2, -0.15) is 0 Å². The molecule has 0 radical (unpaired) electrons. The van der Waals surface area contributed by atoms with Crippen LogP contribution in [0.15, 0.2) is 0 Å². The molecule has 0 amide bonds. The summed E-state index contributed by atoms with van der Waals surface area (Å²) < 4.78 is 68.6. The number of phosphoric ester groups is 2. The Balaban J connectivity index is 5.22. The molecule has 0 saturated heterocycles. The van der Waals surface area contributed by atoms with E-state index in [1.54, 1.807) is 0 Å². The number of esters is 4. The molecule has 0 heterocycles. The molecule has 0 saturated carbocycles. The van der Waals surface area contributed by atoms with Crippen molar-refractivity contribution in [1.29, 1.82) is 0 Å². The van der Waals surface area contributed by atoms with E-state index in [0.29, 0.717) is 31.6 Å². The summed E-state index contributed by atoms with van der Waals surface area (Å²) in [6.45, 7) is 11.9. The zero-order valence-electron chi connectivity index (χ0n) is 64.3. The topological polar surface area (TPSA) is 237 Å². The van der Waals surface area contributed by atoms with Crippen LogP contribution in [0.25, 0.3) is 0 Å². The van der Waals surface area contributed by atoms with Gasteiger partial charge in [0.15, 0.2) is 12.2 Å². The molecule has 0 bridgehead atoms. The van der Waals surface area contributed by atoms with Gasteiger partial charge in [-0.3, -0.25) is 37.3 Å². The summed E-state index contributed by atoms with van der Waals surface area (Å²) in [5.41, 5.74) is 0. The van der Waals surface area contributed by atoms with Gasteiger partial charge in [-0.15, -0.1) is 0 Å². The zero-order valence-corrected chi connectivity index (χ0v) is 66.0. The molecule has 2 unspecified atom stereocenters. The highest BCUT2D eigenvalue weighted by atomic mass is 31.2. The molecule has 98 heavy (non-hydrogen) atoms. The molecule has 19 heteroatoms. The fourth-order valence-corrected chi connectivity index (χ4v) is 13.7. The third-order valence-electron chi connectivity index (χ3n) is 18.4. The van der Waals surface area contributed by atoms with E-state index in [9.17, 15) is 43.2 Å². The van der Waals surface area contributed by atoms with Gasteiger partial charge in [0, 0.05) is 25.7 Å². The van der Waals surface area contributed by atoms with Crippen molar-refractivity contribution < 1.29 is 80.2 Å². The summed E-state index contributed by atoms with van der Waals surface area (Å²) in [5, 5.41) is 10.6. The van der Waals surface area contributed by atoms with Crippen molar-refractivity contribution in [3.8, 4) is 0 Å². The summed E-state index contributed by atoms with van der Waals surface area (Å²) in [6.07, 6.45) is 57.1. The Morgan fingerprint density at radius 1 is 0.276 bits per heavy atom. The lowest BCUT2D eigenvalue weighted by atomic mass is 10.0. The number of aliphatic hydroxyl groups excluding tert-OH is 1. The second-order valence-corrected chi connectivity index (χ2v) is 32.8. The number of phosphoric acid groups is 2. The summed E-state index contributed by atoms with van der Waals surface area (Å²) >= 11 is 0. The monoisotopic (exact) mass is 1440 g/mol. The highest BCUT2D eigenvalue weighted by Crippen LogP contribution is 2.45. The molecule has 0 aliphatic rings. The third kappa shape index (κ3) is 72.4. The molecule has 0 aromatic rings. The number of ether oxygens (including phenoxy) is 4. The molecule has 0 spiro atoms. The Morgan fingerprint density at radius 3 is 0.694 bits per heavy atom. The first-order valence-corrected chi connectivity index (χ1v) is 43.8. The number of carbonyl (C=O) groups excluding carboxylic acids is 4. The summed E-state index contributed by atoms with van der Waals surface area (Å²) in [5.74, 6) is 0.116. The minimum Gasteiger partial charge on any atom is -0.462 e. The van der Waals surface area contributed by atoms with Crippen LogP contribution in [0.1, 0.15) is 408 Å². The van der Waals surface area contributed by atoms with Crippen LogP contribution >= 0.6 is 15.6 Å². The van der Waals surface area contributed by atoms with Gasteiger partial charge in [0.2, 0.25) is 0 Å². The first-order valence-electron chi connectivity index (χ1n) is 40.8. The van der Waals surface area contributed by atoms with E-state index in [1.165, 1.54) is 212 Å². The molecule has 582 valence electrons. The number of hydrogen-bond acceptors (Lipinski definition) is 15. The number of rotatable bonds is 77. The van der Waals surface area contributed by atoms with Gasteiger partial charge in [-0.25, -0.2) is 9.13 Å². The first kappa shape index (κ1) is 96.1. The van der Waals surface area contributed by atoms with Crippen LogP contribution < -0.4 is 0 Å². The van der Waals surface area contributed by atoms with E-state index < -0.39 is 97.5 Å². The molecule has 0 rings (SSSR count). The molecule has 17 nitrogen and oxygen atoms in total. The van der Waals surface area contributed by atoms with Gasteiger partial charge >= 0.3 is 39.5 Å². The predicted octanol–water partition coefficient (Wildman–Crippen LogP) is 23.4. The minimum absolute atomic E-state index is 0.104. The van der Waals surface area contributed by atoms with E-state index in [1.807, 2.05) is 0 Å². The minimum atomic E-state index is -4.96. The second-order valence-electron chi connectivity index (χ2n) is 29.9. The van der Waals surface area contributed by atoms with Crippen molar-refractivity contribution in [1.82, 2.24) is 0 Å². The summed E-state index contributed by atoms with van der Waals surface area (Å²) in [6, 6.07) is 0. The average Bonchev–Trinajstić information content (AvgIpc) is 1.10. The Hall–Kier alpha value is -1.94. The standard InChI is InChI=1S/C79H154O17P2/c1-8-9-10-11-12-13-14-15-16-17-18-22-25-28-31-39-46-53-60-76(81)89-66-74(95-78(83)62-55-48-40-32-29-26-23-20-19-21-24-27-30-36-43-50-57-70(2)3)68-93-97(85,86)91-64-73(80)65-92-98(87,88)94-69-75(67-90-77(82)61-54-47-42-35-38-45-52-59-72(6)7)96-79(84)63-56-49-41-34-33-37-44-51-58-71(4)5/h70-75,80H,8-69H2,1-7H3,(H,85,86)(H,87,88)/t73-,74-,75-/m1/s1. The Morgan fingerprint density at radius 2 is 0.469 bits per heavy atom. The number of carbonyl (C=O) groups is 4. The molecule has 3 N–H and O–H groups in total. The average molecular weight is 1440 g/mol. The van der Waals surface area contributed by atoms with E-state index in [4.69, 9.17) is 37.0 Å². The normalized spacial score (nSPS) is 14.0. The molecule has 0 fully saturated rings. The summed E-state index contributed by atoms with van der Waals surface area (Å²) in [4.78, 5) is 72.9. The molecular weight excluding hydrogens is 1280 g/mol. The zero-order chi connectivity index (χ0) is 72.3. The first-order chi connectivity index (χ1) is 47.2. The highest BCUT2D eigenvalue weighted by Gasteiger charge is 2.30. The third-order valence-corrected chi connectivity index (χ3v) is 20.3. The van der Waals surface area contributed by atoms with Crippen molar-refractivity contribution in [2.75, 3.05) is 39.6 Å². The van der Waals surface area contributed by atoms with Crippen molar-refractivity contribution in [2.45, 2.75) is 426 Å². The lowest BCUT2D eigenvalue weighted by Crippen LogP contribution is -2.30. The molecular formula is C79H154O17P2. The maximum Gasteiger partial charge on any atom is 0.472 e. The number of hydrogen-bond donors (Lipinski definition) is 3. The van der Waals surface area contributed by atoms with Crippen molar-refractivity contribution in [2.24, 2.45) is 17.8 Å². The number of aliphatic hydroxyl groups is 1. The second kappa shape index (κ2) is 69.4. The maximum absolute atomic E-state index is 13.1. The highest BCUT2D eigenvalue weighted by molar-refractivity contribution is 7.47. The SMILES string of the molecule is CCCCCCCCCCCCCCCCCCCCC(=O)OC[C@H](COP(=O)(O)OC[C@@H](O)COP(=O)(O)OC[C@@H](COC(=O)CCCCCCCCCC(C)C)OC(=O)CCCCCCCCCCC(C)C)OC(=O)CCCCCCCCCCCCCCCCCCC(C)C. The largest absolute Gasteiger partial charge is 0.472 e. The Kier molecular flexibility index (Phi) is 68.1. The van der Waals surface area contributed by atoms with Gasteiger partial charge in [-0.05, 0) is 43.4 Å². The molecule has 5 atom stereocenters. The van der Waals surface area contributed by atoms with Crippen LogP contribution in [-0.4, -0.2) is 96.7 Å². The van der Waals surface area contributed by atoms with Gasteiger partial charge in [0.05, 0.1) is 26.4 Å². The smallest absolute Gasteiger partial charge is 0.462 e. The molecule has 0 aliphatic heterocycles. The molecule has 0 aromatic carbocycles. The van der Waals surface area contributed by atoms with Crippen LogP contribution in [0.5, 0.6) is 0 Å². The van der Waals surface area contributed by atoms with E-state index >= 15 is 0 Å². The van der Waals surface area contributed by atoms with Gasteiger partial charge in [0.1, 0.15) is 19.3 Å². The van der Waals surface area contributed by atoms with Gasteiger partial charge < -0.3 is 33.8 Å². The van der Waals surface area contributed by atoms with Crippen molar-refractivity contribution in [3.05, 3.63) is 0 Å². The Labute approximate surface area is 600 Å². The van der Waals surface area contributed by atoms with Crippen LogP contribution in [0.3, 0.4) is 0 Å². The van der Waals surface area contributed by atoms with Gasteiger partial charge in [0.25, 0.3) is 0 Å². The lowest BCUT2D eigenvalue weighted by molar-refractivity contribution is -0.161. The molecule has 0 aliphatic carbocycles. The number of unbranched alkanes of at least 4 members (excludes halogenated alkanes) is 45. The van der Waals surface area contributed by atoms with E-state index in [-0.39, 0.29) is 25.7 Å². The van der Waals surface area contributed by atoms with E-state index in [2.05, 4.69) is 48.5 Å². The van der Waals surface area contributed by atoms with Crippen LogP contribution in [-0.2, 0) is 65.4 Å². The molecule has 0 aromatic heterocycles. The van der Waals surface area contributed by atoms with Gasteiger partial charge in [-0.1, -0.05) is 357 Å². The van der Waals surface area contributed by atoms with E-state index in [0.717, 1.165) is 108 Å². The fraction of sp³-hybridized carbons (Fsp3) is 0.949. The lowest BCUT2D eigenvalue weighted by Gasteiger charge is -2.21. The summed E-state index contributed by atoms with van der Waals surface area (Å²) in [7, 11) is -9.92. The van der Waals surface area contributed by atoms with Crippen LogP contribution in [0, 0.1) is 17.8 Å². The van der Waals surface area contributed by atoms with Crippen molar-refractivity contribution >= 4 is 39.5 Å². The maximum atomic E-state index is 13.1. The van der Waals surface area contributed by atoms with Crippen molar-refractivity contribution in [3.63, 3.8) is 0 Å². The Bertz CT molecular complexity index is 1900. The predicted molar refractivity (Wildman–Crippen MR) is 400 cm³/mol. The fourth-order valence-electron chi connectivity index (χ4n) is 12.1.